The molecule has 0 saturated carbocycles. The number of carbonyl (C=O) groups is 2. The van der Waals surface area contributed by atoms with Crippen molar-refractivity contribution < 1.29 is 19.1 Å². The Kier molecular flexibility index (Phi) is 4.23. The smallest absolute Gasteiger partial charge is 0.313 e. The molecule has 0 N–H and O–H groups in total. The van der Waals surface area contributed by atoms with Gasteiger partial charge in [0.15, 0.2) is 0 Å². The van der Waals surface area contributed by atoms with Crippen LogP contribution in [0.25, 0.3) is 0 Å². The summed E-state index contributed by atoms with van der Waals surface area (Å²) in [5, 5.41) is 0. The molecule has 3 heterocycles. The zero-order valence-electron chi connectivity index (χ0n) is 15.0. The lowest BCUT2D eigenvalue weighted by atomic mass is 9.77. The average molecular weight is 420 g/mol. The number of esters is 1. The van der Waals surface area contributed by atoms with Crippen molar-refractivity contribution in [3.63, 3.8) is 0 Å². The van der Waals surface area contributed by atoms with E-state index in [1.54, 1.807) is 0 Å². The van der Waals surface area contributed by atoms with Crippen LogP contribution in [0.5, 0.6) is 0 Å². The molecule has 2 fully saturated rings. The molecule has 0 unspecified atom stereocenters. The minimum Gasteiger partial charge on any atom is -0.463 e. The largest absolute Gasteiger partial charge is 0.463 e. The number of amides is 1. The number of benzene rings is 1. The highest BCUT2D eigenvalue weighted by Gasteiger charge is 2.67. The van der Waals surface area contributed by atoms with Gasteiger partial charge in [-0.15, -0.1) is 0 Å². The molecule has 1 aromatic carbocycles. The van der Waals surface area contributed by atoms with Gasteiger partial charge in [0.2, 0.25) is 5.91 Å². The van der Waals surface area contributed by atoms with Gasteiger partial charge in [-0.1, -0.05) is 40.2 Å². The molecule has 138 valence electrons. The molecule has 6 heteroatoms. The Morgan fingerprint density at radius 1 is 1.31 bits per heavy atom. The van der Waals surface area contributed by atoms with E-state index in [2.05, 4.69) is 15.9 Å². The van der Waals surface area contributed by atoms with Gasteiger partial charge in [0.1, 0.15) is 11.5 Å². The lowest BCUT2D eigenvalue weighted by molar-refractivity contribution is -0.157. The molecule has 1 aromatic rings. The summed E-state index contributed by atoms with van der Waals surface area (Å²) in [4.78, 5) is 27.7. The zero-order chi connectivity index (χ0) is 18.6. The number of carbonyl (C=O) groups excluding carboxylic acids is 2. The maximum atomic E-state index is 13.2. The summed E-state index contributed by atoms with van der Waals surface area (Å²) in [7, 11) is 0. The molecule has 0 radical (unpaired) electrons. The lowest BCUT2D eigenvalue weighted by Gasteiger charge is -2.27. The molecule has 1 spiro atoms. The van der Waals surface area contributed by atoms with E-state index >= 15 is 0 Å². The van der Waals surface area contributed by atoms with E-state index in [1.165, 1.54) is 0 Å². The zero-order valence-corrected chi connectivity index (χ0v) is 16.6. The fraction of sp³-hybridized carbons (Fsp3) is 0.500. The van der Waals surface area contributed by atoms with Crippen molar-refractivity contribution in [3.05, 3.63) is 46.5 Å². The minimum atomic E-state index is -0.702. The molecular formula is C20H22BrNO4. The van der Waals surface area contributed by atoms with Gasteiger partial charge < -0.3 is 14.4 Å². The van der Waals surface area contributed by atoms with Crippen molar-refractivity contribution in [2.45, 2.75) is 44.6 Å². The van der Waals surface area contributed by atoms with Gasteiger partial charge in [-0.05, 0) is 38.5 Å². The summed E-state index contributed by atoms with van der Waals surface area (Å²) < 4.78 is 12.5. The molecule has 4 rings (SSSR count). The number of likely N-dealkylation sites (tertiary alicyclic amines) is 1. The highest BCUT2D eigenvalue weighted by Crippen LogP contribution is 2.53. The van der Waals surface area contributed by atoms with E-state index in [0.29, 0.717) is 6.54 Å². The van der Waals surface area contributed by atoms with E-state index < -0.39 is 17.4 Å². The fourth-order valence-electron chi connectivity index (χ4n) is 4.36. The number of hydrogen-bond acceptors (Lipinski definition) is 4. The second-order valence-electron chi connectivity index (χ2n) is 7.58. The Bertz CT molecular complexity index is 775. The Morgan fingerprint density at radius 3 is 2.65 bits per heavy atom. The van der Waals surface area contributed by atoms with Crippen molar-refractivity contribution in [3.8, 4) is 0 Å². The first-order valence-corrected chi connectivity index (χ1v) is 9.75. The van der Waals surface area contributed by atoms with Crippen molar-refractivity contribution in [2.75, 3.05) is 6.54 Å². The summed E-state index contributed by atoms with van der Waals surface area (Å²) in [6.45, 7) is 6.11. The molecule has 5 atom stereocenters. The number of fused-ring (bicyclic) bond motifs is 1. The first-order valence-electron chi connectivity index (χ1n) is 8.96. The molecule has 1 amide bonds. The van der Waals surface area contributed by atoms with E-state index in [9.17, 15) is 9.59 Å². The third-order valence-corrected chi connectivity index (χ3v) is 6.10. The van der Waals surface area contributed by atoms with Gasteiger partial charge in [0.25, 0.3) is 0 Å². The highest BCUT2D eigenvalue weighted by atomic mass is 79.9. The molecule has 2 saturated heterocycles. The average Bonchev–Trinajstić information content (AvgIpc) is 3.22. The first-order chi connectivity index (χ1) is 12.3. The van der Waals surface area contributed by atoms with E-state index in [1.807, 2.05) is 62.1 Å². The molecule has 0 aromatic heterocycles. The molecular weight excluding hydrogens is 398 g/mol. The van der Waals surface area contributed by atoms with Crippen molar-refractivity contribution in [2.24, 2.45) is 11.8 Å². The summed E-state index contributed by atoms with van der Waals surface area (Å²) in [5.74, 6) is -1.43. The number of ether oxygens (including phenoxy) is 2. The second kappa shape index (κ2) is 6.20. The van der Waals surface area contributed by atoms with Gasteiger partial charge in [-0.3, -0.25) is 9.59 Å². The third-order valence-electron chi connectivity index (χ3n) is 5.57. The van der Waals surface area contributed by atoms with E-state index in [0.717, 1.165) is 10.0 Å². The van der Waals surface area contributed by atoms with Gasteiger partial charge in [-0.25, -0.2) is 0 Å². The summed E-state index contributed by atoms with van der Waals surface area (Å²) in [5.41, 5.74) is 0.351. The number of hydrogen-bond donors (Lipinski definition) is 0. The minimum absolute atomic E-state index is 0.0297. The van der Waals surface area contributed by atoms with Crippen LogP contribution in [0, 0.1) is 11.8 Å². The SMILES string of the molecule is CC(C)OC(=O)[C@@H]1[C@@H]2C=C[C@]3(CN([C@@H](C)c4ccc(Br)cc4)C(=O)[C@H]13)O2. The molecule has 26 heavy (non-hydrogen) atoms. The van der Waals surface area contributed by atoms with Crippen LogP contribution in [-0.4, -0.2) is 41.1 Å². The predicted molar refractivity (Wildman–Crippen MR) is 99.2 cm³/mol. The lowest BCUT2D eigenvalue weighted by Crippen LogP contribution is -2.40. The molecule has 0 aliphatic carbocycles. The topological polar surface area (TPSA) is 55.8 Å². The Morgan fingerprint density at radius 2 is 2.00 bits per heavy atom. The molecule has 3 aliphatic rings. The van der Waals surface area contributed by atoms with Crippen molar-refractivity contribution in [1.82, 2.24) is 4.90 Å². The Hall–Kier alpha value is -1.66. The summed E-state index contributed by atoms with van der Waals surface area (Å²) in [6.07, 6.45) is 3.30. The van der Waals surface area contributed by atoms with Crippen LogP contribution >= 0.6 is 15.9 Å². The van der Waals surface area contributed by atoms with Crippen LogP contribution in [0.2, 0.25) is 0 Å². The van der Waals surface area contributed by atoms with Crippen molar-refractivity contribution in [1.29, 1.82) is 0 Å². The highest BCUT2D eigenvalue weighted by molar-refractivity contribution is 9.10. The first kappa shape index (κ1) is 17.7. The quantitative estimate of drug-likeness (QED) is 0.555. The number of rotatable bonds is 4. The summed E-state index contributed by atoms with van der Waals surface area (Å²) in [6, 6.07) is 7.86. The van der Waals surface area contributed by atoms with Crippen molar-refractivity contribution >= 4 is 27.8 Å². The van der Waals surface area contributed by atoms with Gasteiger partial charge in [0.05, 0.1) is 30.7 Å². The fourth-order valence-corrected chi connectivity index (χ4v) is 4.62. The number of nitrogens with zero attached hydrogens (tertiary/aromatic N) is 1. The van der Waals surface area contributed by atoms with Crippen LogP contribution in [0.3, 0.4) is 0 Å². The van der Waals surface area contributed by atoms with Gasteiger partial charge in [0, 0.05) is 4.47 Å². The molecule has 5 nitrogen and oxygen atoms in total. The van der Waals surface area contributed by atoms with Crippen LogP contribution < -0.4 is 0 Å². The van der Waals surface area contributed by atoms with Crippen LogP contribution in [0.4, 0.5) is 0 Å². The third kappa shape index (κ3) is 2.62. The van der Waals surface area contributed by atoms with Gasteiger partial charge in [-0.2, -0.15) is 0 Å². The maximum absolute atomic E-state index is 13.2. The Balaban J connectivity index is 1.61. The molecule has 2 bridgehead atoms. The van der Waals surface area contributed by atoms with Gasteiger partial charge >= 0.3 is 5.97 Å². The van der Waals surface area contributed by atoms with E-state index in [4.69, 9.17) is 9.47 Å². The second-order valence-corrected chi connectivity index (χ2v) is 8.49. The summed E-state index contributed by atoms with van der Waals surface area (Å²) >= 11 is 3.44. The van der Waals surface area contributed by atoms with Crippen LogP contribution in [0.1, 0.15) is 32.4 Å². The predicted octanol–water partition coefficient (Wildman–Crippen LogP) is 3.24. The number of halogens is 1. The van der Waals surface area contributed by atoms with Crippen LogP contribution in [0.15, 0.2) is 40.9 Å². The standard InChI is InChI=1S/C20H22BrNO4/c1-11(2)25-19(24)16-15-8-9-20(26-15)10-22(18(23)17(16)20)12(3)13-4-6-14(21)7-5-13/h4-9,11-12,15-17H,10H2,1-3H3/t12-,15-,16+,17-,20+/m0/s1. The normalized spacial score (nSPS) is 33.0. The van der Waals surface area contributed by atoms with Crippen LogP contribution in [-0.2, 0) is 19.1 Å². The maximum Gasteiger partial charge on any atom is 0.313 e. The Labute approximate surface area is 161 Å². The molecule has 3 aliphatic heterocycles. The van der Waals surface area contributed by atoms with E-state index in [-0.39, 0.29) is 30.1 Å². The monoisotopic (exact) mass is 419 g/mol.